The van der Waals surface area contributed by atoms with Crippen molar-refractivity contribution in [2.45, 2.75) is 44.8 Å². The Labute approximate surface area is 256 Å². The zero-order chi connectivity index (χ0) is 31.5. The van der Waals surface area contributed by atoms with E-state index in [0.717, 1.165) is 15.4 Å². The van der Waals surface area contributed by atoms with E-state index in [4.69, 9.17) is 9.47 Å². The van der Waals surface area contributed by atoms with Crippen molar-refractivity contribution in [1.29, 1.82) is 0 Å². The van der Waals surface area contributed by atoms with Crippen LogP contribution in [-0.4, -0.2) is 70.8 Å². The van der Waals surface area contributed by atoms with E-state index in [0.29, 0.717) is 30.4 Å². The van der Waals surface area contributed by atoms with Crippen LogP contribution in [0.2, 0.25) is 25.7 Å². The van der Waals surface area contributed by atoms with Gasteiger partial charge in [-0.15, -0.1) is 0 Å². The van der Waals surface area contributed by atoms with Crippen LogP contribution in [0.1, 0.15) is 22.7 Å². The van der Waals surface area contributed by atoms with E-state index < -0.39 is 30.0 Å². The molecule has 3 aromatic rings. The maximum Gasteiger partial charge on any atom is 0.243 e. The Morgan fingerprint density at radius 1 is 0.837 bits per heavy atom. The van der Waals surface area contributed by atoms with Crippen LogP contribution < -0.4 is 10.1 Å². The smallest absolute Gasteiger partial charge is 0.243 e. The van der Waals surface area contributed by atoms with Gasteiger partial charge >= 0.3 is 0 Å². The molecule has 2 amide bonds. The monoisotopic (exact) mass is 625 g/mol. The van der Waals surface area contributed by atoms with Gasteiger partial charge in [0.05, 0.1) is 19.4 Å². The third kappa shape index (κ3) is 10.6. The second-order valence-corrected chi connectivity index (χ2v) is 19.2. The minimum Gasteiger partial charge on any atom is -0.497 e. The van der Waals surface area contributed by atoms with Gasteiger partial charge in [-0.1, -0.05) is 92.4 Å². The second-order valence-electron chi connectivity index (χ2n) is 11.5. The van der Waals surface area contributed by atoms with Gasteiger partial charge in [0.2, 0.25) is 21.8 Å². The normalized spacial score (nSPS) is 12.5. The fourth-order valence-electron chi connectivity index (χ4n) is 4.44. The number of sulfonamides is 1. The van der Waals surface area contributed by atoms with E-state index in [1.165, 1.54) is 14.2 Å². The summed E-state index contributed by atoms with van der Waals surface area (Å²) in [6.07, 6.45) is 0. The number of methoxy groups -OCH3 is 2. The first-order valence-electron chi connectivity index (χ1n) is 14.2. The second kappa shape index (κ2) is 15.8. The molecule has 0 saturated heterocycles. The molecule has 0 heterocycles. The quantitative estimate of drug-likeness (QED) is 0.184. The van der Waals surface area contributed by atoms with Crippen LogP contribution in [0.3, 0.4) is 0 Å². The predicted molar refractivity (Wildman–Crippen MR) is 172 cm³/mol. The molecular weight excluding hydrogens is 583 g/mol. The lowest BCUT2D eigenvalue weighted by Gasteiger charge is -2.31. The number of rotatable bonds is 16. The summed E-state index contributed by atoms with van der Waals surface area (Å²) in [5.41, 5.74) is 2.34. The van der Waals surface area contributed by atoms with Gasteiger partial charge in [0.25, 0.3) is 0 Å². The van der Waals surface area contributed by atoms with Crippen molar-refractivity contribution >= 4 is 29.9 Å². The van der Waals surface area contributed by atoms with Gasteiger partial charge in [0.1, 0.15) is 18.5 Å². The number of ether oxygens (including phenoxy) is 2. The summed E-state index contributed by atoms with van der Waals surface area (Å²) in [6, 6.07) is 25.2. The molecule has 0 aromatic heterocycles. The lowest BCUT2D eigenvalue weighted by Crippen LogP contribution is -2.48. The molecule has 1 atom stereocenters. The van der Waals surface area contributed by atoms with E-state index in [9.17, 15) is 18.0 Å². The average molecular weight is 626 g/mol. The number of nitrogens with zero attached hydrogens (tertiary/aromatic N) is 2. The third-order valence-corrected chi connectivity index (χ3v) is 10.8. The largest absolute Gasteiger partial charge is 0.497 e. The molecule has 11 heteroatoms. The molecule has 0 aliphatic carbocycles. The molecule has 0 aliphatic heterocycles. The zero-order valence-corrected chi connectivity index (χ0v) is 27.5. The summed E-state index contributed by atoms with van der Waals surface area (Å²) < 4.78 is 38.9. The summed E-state index contributed by atoms with van der Waals surface area (Å²) >= 11 is 0. The lowest BCUT2D eigenvalue weighted by molar-refractivity contribution is -0.135. The van der Waals surface area contributed by atoms with Crippen molar-refractivity contribution in [2.75, 3.05) is 33.2 Å². The molecule has 0 fully saturated rings. The molecule has 9 nitrogen and oxygen atoms in total. The minimum absolute atomic E-state index is 0.104. The van der Waals surface area contributed by atoms with Crippen LogP contribution in [0.15, 0.2) is 84.9 Å². The van der Waals surface area contributed by atoms with Gasteiger partial charge in [-0.25, -0.2) is 8.42 Å². The molecular formula is C32H43N3O6SSi. The first-order chi connectivity index (χ1) is 20.4. The Balaban J connectivity index is 1.88. The number of amides is 2. The van der Waals surface area contributed by atoms with Crippen molar-refractivity contribution in [1.82, 2.24) is 14.5 Å². The van der Waals surface area contributed by atoms with E-state index in [2.05, 4.69) is 25.0 Å². The lowest BCUT2D eigenvalue weighted by atomic mass is 10.1. The van der Waals surface area contributed by atoms with Crippen LogP contribution in [0.5, 0.6) is 5.75 Å². The average Bonchev–Trinajstić information content (AvgIpc) is 2.99. The summed E-state index contributed by atoms with van der Waals surface area (Å²) in [4.78, 5) is 29.1. The molecule has 43 heavy (non-hydrogen) atoms. The number of carbonyl (C=O) groups is 2. The molecule has 1 unspecified atom stereocenters. The topological polar surface area (TPSA) is 105 Å². The number of hydrogen-bond donors (Lipinski definition) is 1. The molecule has 0 aliphatic rings. The summed E-state index contributed by atoms with van der Waals surface area (Å²) in [6.45, 7) is 6.37. The first-order valence-corrected chi connectivity index (χ1v) is 19.5. The highest BCUT2D eigenvalue weighted by Gasteiger charge is 2.37. The number of hydrogen-bond acceptors (Lipinski definition) is 6. The molecule has 0 bridgehead atoms. The summed E-state index contributed by atoms with van der Waals surface area (Å²) in [5, 5.41) is 2.73. The van der Waals surface area contributed by atoms with E-state index in [1.807, 2.05) is 60.7 Å². The van der Waals surface area contributed by atoms with Gasteiger partial charge in [-0.05, 0) is 34.9 Å². The van der Waals surface area contributed by atoms with Gasteiger partial charge < -0.3 is 19.7 Å². The summed E-state index contributed by atoms with van der Waals surface area (Å²) in [7, 11) is -2.70. The highest BCUT2D eigenvalue weighted by Crippen LogP contribution is 2.28. The Morgan fingerprint density at radius 2 is 1.37 bits per heavy atom. The van der Waals surface area contributed by atoms with Crippen molar-refractivity contribution in [3.63, 3.8) is 0 Å². The van der Waals surface area contributed by atoms with Crippen LogP contribution in [0.25, 0.3) is 0 Å². The predicted octanol–water partition coefficient (Wildman–Crippen LogP) is 4.66. The highest BCUT2D eigenvalue weighted by atomic mass is 32.2. The van der Waals surface area contributed by atoms with Crippen molar-refractivity contribution in [2.24, 2.45) is 0 Å². The van der Waals surface area contributed by atoms with Crippen LogP contribution in [-0.2, 0) is 37.4 Å². The summed E-state index contributed by atoms with van der Waals surface area (Å²) in [5.74, 6) is -0.455. The fourth-order valence-corrected chi connectivity index (χ4v) is 8.96. The van der Waals surface area contributed by atoms with E-state index in [1.54, 1.807) is 29.2 Å². The van der Waals surface area contributed by atoms with Gasteiger partial charge in [-0.2, -0.15) is 4.31 Å². The Hall–Kier alpha value is -3.51. The maximum atomic E-state index is 13.8. The van der Waals surface area contributed by atoms with Gasteiger partial charge in [0.15, 0.2) is 0 Å². The van der Waals surface area contributed by atoms with E-state index in [-0.39, 0.29) is 24.9 Å². The molecule has 1 N–H and O–H groups in total. The number of nitrogens with one attached hydrogen (secondary N) is 1. The maximum absolute atomic E-state index is 13.8. The molecule has 232 valence electrons. The Kier molecular flexibility index (Phi) is 12.5. The number of carbonyl (C=O) groups excluding carboxylic acids is 2. The van der Waals surface area contributed by atoms with Gasteiger partial charge in [0, 0.05) is 28.3 Å². The minimum atomic E-state index is -3.91. The van der Waals surface area contributed by atoms with Crippen molar-refractivity contribution in [3.8, 4) is 5.75 Å². The molecule has 3 aromatic carbocycles. The van der Waals surface area contributed by atoms with E-state index >= 15 is 0 Å². The van der Waals surface area contributed by atoms with Crippen LogP contribution in [0, 0.1) is 0 Å². The number of benzene rings is 3. The standard InChI is InChI=1S/C32H43N3O6SSi/c1-40-25-35(42(38,39)20-21-43(3,4)5)31(28-16-18-29(41-2)19-17-28)32(37)33-22-30(36)34(23-26-12-8-6-9-13-26)24-27-14-10-7-11-15-27/h6-19,31H,20-25H2,1-5H3,(H,33,37). The SMILES string of the molecule is COCN(C(C(=O)NCC(=O)N(Cc1ccccc1)Cc1ccccc1)c1ccc(OC)cc1)S(=O)(=O)CC[Si](C)(C)C. The van der Waals surface area contributed by atoms with Gasteiger partial charge in [-0.3, -0.25) is 9.59 Å². The Bertz CT molecular complexity index is 1370. The van der Waals surface area contributed by atoms with Crippen molar-refractivity contribution in [3.05, 3.63) is 102 Å². The molecule has 0 saturated carbocycles. The van der Waals surface area contributed by atoms with Crippen LogP contribution >= 0.6 is 0 Å². The third-order valence-electron chi connectivity index (χ3n) is 6.89. The first kappa shape index (κ1) is 34.0. The molecule has 0 spiro atoms. The highest BCUT2D eigenvalue weighted by molar-refractivity contribution is 7.89. The Morgan fingerprint density at radius 3 is 1.84 bits per heavy atom. The molecule has 0 radical (unpaired) electrons. The van der Waals surface area contributed by atoms with Crippen LogP contribution in [0.4, 0.5) is 0 Å². The fraction of sp³-hybridized carbons (Fsp3) is 0.375. The molecule has 3 rings (SSSR count). The zero-order valence-electron chi connectivity index (χ0n) is 25.7. The van der Waals surface area contributed by atoms with Crippen molar-refractivity contribution < 1.29 is 27.5 Å².